The van der Waals surface area contributed by atoms with Gasteiger partial charge in [-0.25, -0.2) is 4.98 Å². The molecule has 3 rings (SSSR count). The first-order valence-corrected chi connectivity index (χ1v) is 7.36. The van der Waals surface area contributed by atoms with Crippen LogP contribution in [0.4, 0.5) is 11.8 Å². The molecule has 2 aromatic heterocycles. The molecule has 0 aliphatic carbocycles. The van der Waals surface area contributed by atoms with E-state index in [1.165, 1.54) is 16.7 Å². The first-order chi connectivity index (χ1) is 10.7. The second-order valence-corrected chi connectivity index (χ2v) is 5.34. The van der Waals surface area contributed by atoms with Crippen LogP contribution >= 0.6 is 0 Å². The highest BCUT2D eigenvalue weighted by atomic mass is 15.3. The fourth-order valence-corrected chi connectivity index (χ4v) is 2.41. The predicted molar refractivity (Wildman–Crippen MR) is 88.4 cm³/mol. The molecule has 6 nitrogen and oxygen atoms in total. The van der Waals surface area contributed by atoms with E-state index >= 15 is 0 Å². The van der Waals surface area contributed by atoms with Gasteiger partial charge in [0.2, 0.25) is 11.6 Å². The van der Waals surface area contributed by atoms with Gasteiger partial charge >= 0.3 is 0 Å². The first kappa shape index (κ1) is 14.3. The van der Waals surface area contributed by atoms with Gasteiger partial charge in [-0.15, -0.1) is 10.2 Å². The van der Waals surface area contributed by atoms with Crippen molar-refractivity contribution in [3.63, 3.8) is 0 Å². The van der Waals surface area contributed by atoms with Gasteiger partial charge in [0.15, 0.2) is 5.82 Å². The van der Waals surface area contributed by atoms with Crippen LogP contribution in [-0.4, -0.2) is 33.2 Å². The van der Waals surface area contributed by atoms with Crippen LogP contribution in [0.15, 0.2) is 30.6 Å². The molecule has 2 heterocycles. The van der Waals surface area contributed by atoms with Crippen LogP contribution in [0.1, 0.15) is 16.7 Å². The van der Waals surface area contributed by atoms with Gasteiger partial charge in [0.1, 0.15) is 0 Å². The lowest BCUT2D eigenvalue weighted by atomic mass is 10.0. The Balaban J connectivity index is 1.71. The predicted octanol–water partition coefficient (Wildman–Crippen LogP) is 2.44. The summed E-state index contributed by atoms with van der Waals surface area (Å²) in [6.45, 7) is 5.08. The number of aryl methyl sites for hydroxylation is 2. The highest BCUT2D eigenvalue weighted by Crippen LogP contribution is 2.15. The van der Waals surface area contributed by atoms with Crippen molar-refractivity contribution in [2.75, 3.05) is 24.2 Å². The van der Waals surface area contributed by atoms with Crippen molar-refractivity contribution in [3.8, 4) is 0 Å². The molecule has 0 atom stereocenters. The van der Waals surface area contributed by atoms with Gasteiger partial charge in [0, 0.05) is 26.0 Å². The lowest BCUT2D eigenvalue weighted by molar-refractivity contribution is 0.994. The van der Waals surface area contributed by atoms with Crippen molar-refractivity contribution >= 4 is 17.4 Å². The summed E-state index contributed by atoms with van der Waals surface area (Å²) in [5, 5.41) is 14.6. The Morgan fingerprint density at radius 3 is 2.77 bits per heavy atom. The van der Waals surface area contributed by atoms with E-state index in [1.54, 1.807) is 6.20 Å². The fourth-order valence-electron chi connectivity index (χ4n) is 2.41. The Kier molecular flexibility index (Phi) is 3.91. The van der Waals surface area contributed by atoms with E-state index in [1.807, 2.05) is 17.6 Å². The van der Waals surface area contributed by atoms with Gasteiger partial charge in [-0.1, -0.05) is 18.2 Å². The zero-order valence-electron chi connectivity index (χ0n) is 13.1. The number of hydrogen-bond donors (Lipinski definition) is 2. The molecule has 114 valence electrons. The van der Waals surface area contributed by atoms with E-state index in [4.69, 9.17) is 0 Å². The highest BCUT2D eigenvalue weighted by molar-refractivity contribution is 5.64. The van der Waals surface area contributed by atoms with E-state index in [0.717, 1.165) is 24.4 Å². The topological polar surface area (TPSA) is 67.1 Å². The number of rotatable bonds is 5. The molecular weight excluding hydrogens is 276 g/mol. The molecular formula is C16H20N6. The summed E-state index contributed by atoms with van der Waals surface area (Å²) < 4.78 is 1.88. The zero-order valence-corrected chi connectivity index (χ0v) is 13.1. The van der Waals surface area contributed by atoms with Gasteiger partial charge in [-0.2, -0.15) is 0 Å². The maximum absolute atomic E-state index is 4.36. The Morgan fingerprint density at radius 2 is 2.00 bits per heavy atom. The van der Waals surface area contributed by atoms with Crippen molar-refractivity contribution < 1.29 is 0 Å². The molecule has 0 fully saturated rings. The molecule has 2 N–H and O–H groups in total. The number of hydrogen-bond acceptors (Lipinski definition) is 5. The number of benzene rings is 1. The summed E-state index contributed by atoms with van der Waals surface area (Å²) in [5.74, 6) is 1.45. The summed E-state index contributed by atoms with van der Waals surface area (Å²) in [7, 11) is 1.82. The number of fused-ring (bicyclic) bond motifs is 1. The molecule has 0 aliphatic rings. The Morgan fingerprint density at radius 1 is 1.14 bits per heavy atom. The monoisotopic (exact) mass is 296 g/mol. The second-order valence-electron chi connectivity index (χ2n) is 5.34. The molecule has 0 bridgehead atoms. The van der Waals surface area contributed by atoms with Crippen molar-refractivity contribution in [3.05, 3.63) is 47.3 Å². The number of nitrogens with zero attached hydrogens (tertiary/aromatic N) is 4. The third-order valence-corrected chi connectivity index (χ3v) is 3.83. The maximum atomic E-state index is 4.36. The lowest BCUT2D eigenvalue weighted by Crippen LogP contribution is -2.08. The molecule has 0 radical (unpaired) electrons. The number of nitrogens with one attached hydrogen (secondary N) is 2. The zero-order chi connectivity index (χ0) is 15.5. The summed E-state index contributed by atoms with van der Waals surface area (Å²) in [4.78, 5) is 4.36. The molecule has 0 spiro atoms. The van der Waals surface area contributed by atoms with E-state index < -0.39 is 0 Å². The van der Waals surface area contributed by atoms with Crippen LogP contribution in [0.5, 0.6) is 0 Å². The standard InChI is InChI=1S/C16H20N6/c1-11-4-5-13(10-12(11)2)6-7-18-14-15-20-21-16(17-3)22(15)9-8-19-14/h4-5,8-10H,6-7H2,1-3H3,(H,17,21)(H,18,19). The van der Waals surface area contributed by atoms with Gasteiger partial charge in [0.05, 0.1) is 0 Å². The van der Waals surface area contributed by atoms with Gasteiger partial charge in [-0.05, 0) is 37.0 Å². The Hall–Kier alpha value is -2.63. The Labute approximate surface area is 129 Å². The minimum atomic E-state index is 0.703. The van der Waals surface area contributed by atoms with Crippen LogP contribution < -0.4 is 10.6 Å². The summed E-state index contributed by atoms with van der Waals surface area (Å²) >= 11 is 0. The van der Waals surface area contributed by atoms with Gasteiger partial charge in [0.25, 0.3) is 0 Å². The van der Waals surface area contributed by atoms with E-state index in [-0.39, 0.29) is 0 Å². The van der Waals surface area contributed by atoms with Crippen LogP contribution in [-0.2, 0) is 6.42 Å². The maximum Gasteiger partial charge on any atom is 0.228 e. The number of anilines is 2. The highest BCUT2D eigenvalue weighted by Gasteiger charge is 2.08. The largest absolute Gasteiger partial charge is 0.367 e. The smallest absolute Gasteiger partial charge is 0.228 e. The van der Waals surface area contributed by atoms with E-state index in [0.29, 0.717) is 5.95 Å². The minimum Gasteiger partial charge on any atom is -0.367 e. The number of aromatic nitrogens is 4. The van der Waals surface area contributed by atoms with Crippen molar-refractivity contribution in [2.45, 2.75) is 20.3 Å². The molecule has 3 aromatic rings. The van der Waals surface area contributed by atoms with E-state index in [2.05, 4.69) is 57.9 Å². The first-order valence-electron chi connectivity index (χ1n) is 7.36. The average Bonchev–Trinajstić information content (AvgIpc) is 2.95. The third kappa shape index (κ3) is 2.72. The van der Waals surface area contributed by atoms with Crippen molar-refractivity contribution in [2.24, 2.45) is 0 Å². The normalized spacial score (nSPS) is 10.9. The molecule has 6 heteroatoms. The summed E-state index contributed by atoms with van der Waals surface area (Å²) in [6.07, 6.45) is 4.53. The van der Waals surface area contributed by atoms with Crippen LogP contribution in [0.25, 0.3) is 5.65 Å². The molecule has 0 saturated heterocycles. The van der Waals surface area contributed by atoms with Crippen molar-refractivity contribution in [1.29, 1.82) is 0 Å². The van der Waals surface area contributed by atoms with Gasteiger partial charge in [-0.3, -0.25) is 4.40 Å². The molecule has 0 saturated carbocycles. The SMILES string of the molecule is CNc1nnc2c(NCCc3ccc(C)c(C)c3)nccn12. The summed E-state index contributed by atoms with van der Waals surface area (Å²) in [6, 6.07) is 6.58. The van der Waals surface area contributed by atoms with Crippen molar-refractivity contribution in [1.82, 2.24) is 19.6 Å². The molecule has 0 amide bonds. The molecule has 22 heavy (non-hydrogen) atoms. The fraction of sp³-hybridized carbons (Fsp3) is 0.312. The van der Waals surface area contributed by atoms with Crippen LogP contribution in [0.2, 0.25) is 0 Å². The molecule has 0 unspecified atom stereocenters. The van der Waals surface area contributed by atoms with E-state index in [9.17, 15) is 0 Å². The lowest BCUT2D eigenvalue weighted by Gasteiger charge is -2.08. The average molecular weight is 296 g/mol. The quantitative estimate of drug-likeness (QED) is 0.757. The minimum absolute atomic E-state index is 0.703. The van der Waals surface area contributed by atoms with Crippen LogP contribution in [0, 0.1) is 13.8 Å². The third-order valence-electron chi connectivity index (χ3n) is 3.83. The second kappa shape index (κ2) is 6.01. The van der Waals surface area contributed by atoms with Gasteiger partial charge < -0.3 is 10.6 Å². The molecule has 0 aliphatic heterocycles. The summed E-state index contributed by atoms with van der Waals surface area (Å²) in [5.41, 5.74) is 4.70. The Bertz CT molecular complexity index is 792. The molecule has 1 aromatic carbocycles. The van der Waals surface area contributed by atoms with Crippen LogP contribution in [0.3, 0.4) is 0 Å².